The van der Waals surface area contributed by atoms with E-state index in [1.165, 1.54) is 32.1 Å². The lowest BCUT2D eigenvalue weighted by molar-refractivity contribution is 0.102. The first-order chi connectivity index (χ1) is 15.0. The van der Waals surface area contributed by atoms with Crippen LogP contribution < -0.4 is 4.74 Å². The van der Waals surface area contributed by atoms with Crippen LogP contribution in [0.3, 0.4) is 0 Å². The summed E-state index contributed by atoms with van der Waals surface area (Å²) >= 11 is 0. The molecule has 0 unspecified atom stereocenters. The summed E-state index contributed by atoms with van der Waals surface area (Å²) in [6, 6.07) is 0. The van der Waals surface area contributed by atoms with Gasteiger partial charge in [0.1, 0.15) is 35.5 Å². The van der Waals surface area contributed by atoms with Gasteiger partial charge in [0.05, 0.1) is 6.20 Å². The maximum absolute atomic E-state index is 12.3. The van der Waals surface area contributed by atoms with Gasteiger partial charge in [0.2, 0.25) is 5.88 Å². The minimum Gasteiger partial charge on any atom is -0.473 e. The van der Waals surface area contributed by atoms with Crippen LogP contribution in [0.5, 0.6) is 5.88 Å². The second-order valence-electron chi connectivity index (χ2n) is 8.74. The third kappa shape index (κ3) is 5.51. The van der Waals surface area contributed by atoms with E-state index in [1.54, 1.807) is 29.9 Å². The van der Waals surface area contributed by atoms with E-state index in [-0.39, 0.29) is 18.8 Å². The number of amides is 1. The van der Waals surface area contributed by atoms with Gasteiger partial charge in [-0.15, -0.1) is 5.10 Å². The number of rotatable bonds is 8. The zero-order chi connectivity index (χ0) is 21.8. The highest BCUT2D eigenvalue weighted by atomic mass is 16.6. The van der Waals surface area contributed by atoms with Crippen LogP contribution in [0.1, 0.15) is 62.8 Å². The number of ether oxygens (including phenoxy) is 2. The Morgan fingerprint density at radius 2 is 2.00 bits per heavy atom. The minimum atomic E-state index is -0.341. The van der Waals surface area contributed by atoms with Crippen LogP contribution in [-0.4, -0.2) is 55.7 Å². The molecule has 4 rings (SSSR count). The summed E-state index contributed by atoms with van der Waals surface area (Å²) in [5.74, 6) is 1.35. The summed E-state index contributed by atoms with van der Waals surface area (Å²) < 4.78 is 13.2. The van der Waals surface area contributed by atoms with Crippen molar-refractivity contribution in [3.63, 3.8) is 0 Å². The molecule has 168 valence electrons. The van der Waals surface area contributed by atoms with Gasteiger partial charge in [-0.2, -0.15) is 0 Å². The highest BCUT2D eigenvalue weighted by Crippen LogP contribution is 2.32. The number of hydrogen-bond donors (Lipinski definition) is 0. The lowest BCUT2D eigenvalue weighted by Crippen LogP contribution is -2.28. The average molecular weight is 429 g/mol. The van der Waals surface area contributed by atoms with Crippen LogP contribution in [-0.2, 0) is 18.4 Å². The molecule has 0 atom stereocenters. The van der Waals surface area contributed by atoms with E-state index in [4.69, 9.17) is 9.47 Å². The van der Waals surface area contributed by atoms with Crippen molar-refractivity contribution in [3.8, 4) is 17.3 Å². The standard InChI is InChI=1S/C22H32N6O3/c1-15-21(31-17-7-5-4-6-8-17)23-13-18(24-15)20-19(28(3)26-25-20)14-30-22(29)27(2)12-11-16-9-10-16/h13,16-17H,4-12,14H2,1-3H3. The molecule has 2 aromatic rings. The molecule has 0 saturated heterocycles. The number of hydrogen-bond acceptors (Lipinski definition) is 7. The Bertz CT molecular complexity index is 905. The first kappa shape index (κ1) is 21.5. The SMILES string of the molecule is Cc1nc(-c2nnn(C)c2COC(=O)N(C)CCC2CC2)cnc1OC1CCCCC1. The number of aromatic nitrogens is 5. The quantitative estimate of drug-likeness (QED) is 0.633. The molecule has 2 aromatic heterocycles. The van der Waals surface area contributed by atoms with E-state index < -0.39 is 0 Å². The molecule has 0 bridgehead atoms. The van der Waals surface area contributed by atoms with Crippen molar-refractivity contribution in [3.05, 3.63) is 17.6 Å². The summed E-state index contributed by atoms with van der Waals surface area (Å²) in [6.45, 7) is 2.68. The van der Waals surface area contributed by atoms with Crippen molar-refractivity contribution in [2.45, 2.75) is 71.0 Å². The summed E-state index contributed by atoms with van der Waals surface area (Å²) in [4.78, 5) is 23.1. The predicted molar refractivity (Wildman–Crippen MR) is 114 cm³/mol. The first-order valence-electron chi connectivity index (χ1n) is 11.3. The van der Waals surface area contributed by atoms with E-state index in [9.17, 15) is 4.79 Å². The Labute approximate surface area is 183 Å². The zero-order valence-corrected chi connectivity index (χ0v) is 18.7. The molecule has 0 radical (unpaired) electrons. The first-order valence-corrected chi connectivity index (χ1v) is 11.3. The number of nitrogens with zero attached hydrogens (tertiary/aromatic N) is 6. The highest BCUT2D eigenvalue weighted by molar-refractivity contribution is 5.67. The van der Waals surface area contributed by atoms with Crippen molar-refractivity contribution in [1.29, 1.82) is 0 Å². The van der Waals surface area contributed by atoms with Crippen LogP contribution in [0.25, 0.3) is 11.4 Å². The fraction of sp³-hybridized carbons (Fsp3) is 0.682. The lowest BCUT2D eigenvalue weighted by atomic mass is 9.98. The molecule has 0 aromatic carbocycles. The van der Waals surface area contributed by atoms with E-state index in [0.29, 0.717) is 29.5 Å². The van der Waals surface area contributed by atoms with Gasteiger partial charge in [0, 0.05) is 20.6 Å². The van der Waals surface area contributed by atoms with Gasteiger partial charge in [0.25, 0.3) is 0 Å². The molecule has 0 spiro atoms. The second kappa shape index (κ2) is 9.62. The average Bonchev–Trinajstić information content (AvgIpc) is 3.54. The fourth-order valence-electron chi connectivity index (χ4n) is 3.89. The molecule has 9 nitrogen and oxygen atoms in total. The van der Waals surface area contributed by atoms with E-state index in [1.807, 2.05) is 6.92 Å². The molecular formula is C22H32N6O3. The van der Waals surface area contributed by atoms with Gasteiger partial charge >= 0.3 is 6.09 Å². The monoisotopic (exact) mass is 428 g/mol. The van der Waals surface area contributed by atoms with Crippen molar-refractivity contribution in [2.24, 2.45) is 13.0 Å². The predicted octanol–water partition coefficient (Wildman–Crippen LogP) is 3.66. The van der Waals surface area contributed by atoms with Crippen LogP contribution >= 0.6 is 0 Å². The van der Waals surface area contributed by atoms with Gasteiger partial charge in [-0.25, -0.2) is 19.4 Å². The number of carbonyl (C=O) groups excluding carboxylic acids is 1. The molecule has 0 N–H and O–H groups in total. The molecule has 2 fully saturated rings. The van der Waals surface area contributed by atoms with Crippen molar-refractivity contribution >= 4 is 6.09 Å². The molecule has 2 aliphatic rings. The molecule has 2 saturated carbocycles. The zero-order valence-electron chi connectivity index (χ0n) is 18.7. The smallest absolute Gasteiger partial charge is 0.409 e. The van der Waals surface area contributed by atoms with E-state index in [2.05, 4.69) is 20.3 Å². The van der Waals surface area contributed by atoms with Gasteiger partial charge in [-0.3, -0.25) is 0 Å². The largest absolute Gasteiger partial charge is 0.473 e. The maximum atomic E-state index is 12.3. The summed E-state index contributed by atoms with van der Waals surface area (Å²) in [5.41, 5.74) is 2.56. The maximum Gasteiger partial charge on any atom is 0.409 e. The summed E-state index contributed by atoms with van der Waals surface area (Å²) in [5, 5.41) is 8.32. The van der Waals surface area contributed by atoms with Crippen LogP contribution in [0.15, 0.2) is 6.20 Å². The number of carbonyl (C=O) groups is 1. The highest BCUT2D eigenvalue weighted by Gasteiger charge is 2.24. The topological polar surface area (TPSA) is 95.3 Å². The summed E-state index contributed by atoms with van der Waals surface area (Å²) in [6.07, 6.45) is 10.9. The van der Waals surface area contributed by atoms with Crippen LogP contribution in [0.4, 0.5) is 4.79 Å². The molecule has 2 heterocycles. The van der Waals surface area contributed by atoms with Crippen LogP contribution in [0.2, 0.25) is 0 Å². The minimum absolute atomic E-state index is 0.0759. The van der Waals surface area contributed by atoms with Gasteiger partial charge in [0.15, 0.2) is 0 Å². The van der Waals surface area contributed by atoms with Crippen molar-refractivity contribution in [1.82, 2.24) is 29.9 Å². The Kier molecular flexibility index (Phi) is 6.67. The van der Waals surface area contributed by atoms with Gasteiger partial charge in [-0.05, 0) is 44.9 Å². The van der Waals surface area contributed by atoms with E-state index in [0.717, 1.165) is 30.9 Å². The second-order valence-corrected chi connectivity index (χ2v) is 8.74. The van der Waals surface area contributed by atoms with Gasteiger partial charge < -0.3 is 14.4 Å². The molecule has 2 aliphatic carbocycles. The number of aryl methyl sites for hydroxylation is 2. The Morgan fingerprint density at radius 1 is 1.23 bits per heavy atom. The Morgan fingerprint density at radius 3 is 2.71 bits per heavy atom. The lowest BCUT2D eigenvalue weighted by Gasteiger charge is -2.22. The van der Waals surface area contributed by atoms with Crippen LogP contribution in [0, 0.1) is 12.8 Å². The van der Waals surface area contributed by atoms with Crippen molar-refractivity contribution in [2.75, 3.05) is 13.6 Å². The molecule has 31 heavy (non-hydrogen) atoms. The van der Waals surface area contributed by atoms with Crippen molar-refractivity contribution < 1.29 is 14.3 Å². The third-order valence-electron chi connectivity index (χ3n) is 6.13. The van der Waals surface area contributed by atoms with E-state index >= 15 is 0 Å². The Balaban J connectivity index is 1.40. The normalized spacial score (nSPS) is 16.9. The summed E-state index contributed by atoms with van der Waals surface area (Å²) in [7, 11) is 3.55. The molecule has 0 aliphatic heterocycles. The molecular weight excluding hydrogens is 396 g/mol. The Hall–Kier alpha value is -2.71. The fourth-order valence-corrected chi connectivity index (χ4v) is 3.89. The molecule has 9 heteroatoms. The van der Waals surface area contributed by atoms with Gasteiger partial charge in [-0.1, -0.05) is 24.5 Å². The third-order valence-corrected chi connectivity index (χ3v) is 6.13. The molecule has 1 amide bonds.